The summed E-state index contributed by atoms with van der Waals surface area (Å²) >= 11 is 0. The quantitative estimate of drug-likeness (QED) is 0.411. The summed E-state index contributed by atoms with van der Waals surface area (Å²) in [7, 11) is 0. The lowest BCUT2D eigenvalue weighted by Gasteiger charge is -2.06. The Kier molecular flexibility index (Phi) is 10.6. The van der Waals surface area contributed by atoms with Crippen molar-refractivity contribution in [3.8, 4) is 0 Å². The van der Waals surface area contributed by atoms with Crippen molar-refractivity contribution in [3.63, 3.8) is 0 Å². The molecule has 0 rings (SSSR count). The Morgan fingerprint density at radius 2 is 1.81 bits per heavy atom. The summed E-state index contributed by atoms with van der Waals surface area (Å²) in [5.41, 5.74) is 0. The molecule has 0 spiro atoms. The molecule has 0 N–H and O–H groups in total. The maximum atomic E-state index is 11.3. The predicted molar refractivity (Wildman–Crippen MR) is 68.4 cm³/mol. The van der Waals surface area contributed by atoms with Gasteiger partial charge in [0.25, 0.3) is 0 Å². The zero-order valence-electron chi connectivity index (χ0n) is 11.3. The van der Waals surface area contributed by atoms with Gasteiger partial charge in [-0.1, -0.05) is 46.5 Å². The molecule has 16 heavy (non-hydrogen) atoms. The molecule has 0 saturated carbocycles. The Hall–Kier alpha value is -0.530. The highest BCUT2D eigenvalue weighted by molar-refractivity contribution is 5.69. The van der Waals surface area contributed by atoms with E-state index >= 15 is 0 Å². The second-order valence-corrected chi connectivity index (χ2v) is 4.92. The molecule has 0 aliphatic rings. The summed E-state index contributed by atoms with van der Waals surface area (Å²) in [5, 5.41) is 0. The summed E-state index contributed by atoms with van der Waals surface area (Å²) in [5.74, 6) is 0.741. The molecule has 0 heterocycles. The van der Waals surface area contributed by atoms with Crippen LogP contribution in [0, 0.1) is 5.92 Å². The largest absolute Gasteiger partial charge is 0.466 e. The van der Waals surface area contributed by atoms with Crippen molar-refractivity contribution in [1.29, 1.82) is 0 Å². The number of rotatable bonds is 10. The molecule has 2 heteroatoms. The van der Waals surface area contributed by atoms with Gasteiger partial charge in [0.1, 0.15) is 0 Å². The van der Waals surface area contributed by atoms with Gasteiger partial charge < -0.3 is 4.74 Å². The fraction of sp³-hybridized carbons (Fsp3) is 0.929. The number of esters is 1. The third-order valence-electron chi connectivity index (χ3n) is 2.67. The monoisotopic (exact) mass is 228 g/mol. The van der Waals surface area contributed by atoms with E-state index in [1.165, 1.54) is 25.7 Å². The maximum absolute atomic E-state index is 11.3. The second kappa shape index (κ2) is 11.0. The summed E-state index contributed by atoms with van der Waals surface area (Å²) in [4.78, 5) is 11.3. The van der Waals surface area contributed by atoms with Crippen LogP contribution in [0.25, 0.3) is 0 Å². The summed E-state index contributed by atoms with van der Waals surface area (Å²) in [6, 6.07) is 0. The van der Waals surface area contributed by atoms with Crippen molar-refractivity contribution in [1.82, 2.24) is 0 Å². The number of unbranched alkanes of at least 4 members (excludes halogenated alkanes) is 4. The van der Waals surface area contributed by atoms with Crippen LogP contribution in [0.15, 0.2) is 0 Å². The van der Waals surface area contributed by atoms with E-state index < -0.39 is 0 Å². The van der Waals surface area contributed by atoms with Crippen molar-refractivity contribution >= 4 is 5.97 Å². The SMILES string of the molecule is CCCCCCC(=O)OCCCCC(C)C. The molecule has 2 nitrogen and oxygen atoms in total. The van der Waals surface area contributed by atoms with Crippen LogP contribution >= 0.6 is 0 Å². The lowest BCUT2D eigenvalue weighted by molar-refractivity contribution is -0.143. The number of carbonyl (C=O) groups is 1. The van der Waals surface area contributed by atoms with Crippen LogP contribution in [-0.4, -0.2) is 12.6 Å². The lowest BCUT2D eigenvalue weighted by atomic mass is 10.1. The molecule has 0 aliphatic carbocycles. The van der Waals surface area contributed by atoms with Crippen LogP contribution in [0.4, 0.5) is 0 Å². The molecule has 0 unspecified atom stereocenters. The molecule has 0 amide bonds. The van der Waals surface area contributed by atoms with Crippen LogP contribution in [0.3, 0.4) is 0 Å². The van der Waals surface area contributed by atoms with E-state index in [4.69, 9.17) is 4.74 Å². The van der Waals surface area contributed by atoms with E-state index in [0.29, 0.717) is 13.0 Å². The van der Waals surface area contributed by atoms with Crippen LogP contribution in [-0.2, 0) is 9.53 Å². The Morgan fingerprint density at radius 1 is 1.06 bits per heavy atom. The van der Waals surface area contributed by atoms with Crippen LogP contribution in [0.5, 0.6) is 0 Å². The van der Waals surface area contributed by atoms with Crippen molar-refractivity contribution < 1.29 is 9.53 Å². The molecular formula is C14H28O2. The number of ether oxygens (including phenoxy) is 1. The third kappa shape index (κ3) is 11.5. The van der Waals surface area contributed by atoms with Gasteiger partial charge in [-0.25, -0.2) is 0 Å². The van der Waals surface area contributed by atoms with Gasteiger partial charge in [-0.2, -0.15) is 0 Å². The molecule has 0 aromatic carbocycles. The average Bonchev–Trinajstić information content (AvgIpc) is 2.23. The molecular weight excluding hydrogens is 200 g/mol. The highest BCUT2D eigenvalue weighted by Gasteiger charge is 2.02. The van der Waals surface area contributed by atoms with Gasteiger partial charge >= 0.3 is 5.97 Å². The van der Waals surface area contributed by atoms with Crippen LogP contribution in [0.2, 0.25) is 0 Å². The molecule has 0 fully saturated rings. The second-order valence-electron chi connectivity index (χ2n) is 4.92. The minimum absolute atomic E-state index is 0.0133. The van der Waals surface area contributed by atoms with Gasteiger partial charge in [-0.3, -0.25) is 4.79 Å². The molecule has 0 aromatic heterocycles. The van der Waals surface area contributed by atoms with Gasteiger partial charge in [-0.05, 0) is 25.2 Å². The van der Waals surface area contributed by atoms with E-state index in [1.54, 1.807) is 0 Å². The fourth-order valence-electron chi connectivity index (χ4n) is 1.61. The first-order chi connectivity index (χ1) is 7.66. The van der Waals surface area contributed by atoms with Gasteiger partial charge in [0, 0.05) is 6.42 Å². The standard InChI is InChI=1S/C14H28O2/c1-4-5-6-7-11-14(15)16-12-9-8-10-13(2)3/h13H,4-12H2,1-3H3. The smallest absolute Gasteiger partial charge is 0.305 e. The van der Waals surface area contributed by atoms with Crippen molar-refractivity contribution in [2.24, 2.45) is 5.92 Å². The Balaban J connectivity index is 3.17. The molecule has 0 radical (unpaired) electrons. The van der Waals surface area contributed by atoms with Crippen LogP contribution in [0.1, 0.15) is 72.1 Å². The van der Waals surface area contributed by atoms with Crippen molar-refractivity contribution in [2.75, 3.05) is 6.61 Å². The first-order valence-corrected chi connectivity index (χ1v) is 6.82. The van der Waals surface area contributed by atoms with Gasteiger partial charge in [0.05, 0.1) is 6.61 Å². The van der Waals surface area contributed by atoms with E-state index in [1.807, 2.05) is 0 Å². The van der Waals surface area contributed by atoms with E-state index in [2.05, 4.69) is 20.8 Å². The summed E-state index contributed by atoms with van der Waals surface area (Å²) in [6.07, 6.45) is 8.58. The van der Waals surface area contributed by atoms with Crippen molar-refractivity contribution in [2.45, 2.75) is 72.1 Å². The minimum atomic E-state index is -0.0133. The third-order valence-corrected chi connectivity index (χ3v) is 2.67. The average molecular weight is 228 g/mol. The topological polar surface area (TPSA) is 26.3 Å². The van der Waals surface area contributed by atoms with Crippen LogP contribution < -0.4 is 0 Å². The molecule has 0 aliphatic heterocycles. The molecule has 0 saturated heterocycles. The summed E-state index contributed by atoms with van der Waals surface area (Å²) in [6.45, 7) is 7.23. The number of carbonyl (C=O) groups excluding carboxylic acids is 1. The zero-order valence-corrected chi connectivity index (χ0v) is 11.3. The molecule has 0 atom stereocenters. The zero-order chi connectivity index (χ0) is 12.2. The number of hydrogen-bond donors (Lipinski definition) is 0. The van der Waals surface area contributed by atoms with E-state index in [0.717, 1.165) is 25.2 Å². The van der Waals surface area contributed by atoms with E-state index in [-0.39, 0.29) is 5.97 Å². The Labute approximate surface area is 101 Å². The van der Waals surface area contributed by atoms with Crippen molar-refractivity contribution in [3.05, 3.63) is 0 Å². The van der Waals surface area contributed by atoms with E-state index in [9.17, 15) is 4.79 Å². The molecule has 96 valence electrons. The minimum Gasteiger partial charge on any atom is -0.466 e. The molecule has 0 aromatic rings. The highest BCUT2D eigenvalue weighted by atomic mass is 16.5. The summed E-state index contributed by atoms with van der Waals surface area (Å²) < 4.78 is 5.17. The van der Waals surface area contributed by atoms with Gasteiger partial charge in [0.15, 0.2) is 0 Å². The highest BCUT2D eigenvalue weighted by Crippen LogP contribution is 2.07. The number of hydrogen-bond acceptors (Lipinski definition) is 2. The normalized spacial score (nSPS) is 10.8. The lowest BCUT2D eigenvalue weighted by Crippen LogP contribution is -2.05. The van der Waals surface area contributed by atoms with Gasteiger partial charge in [-0.15, -0.1) is 0 Å². The Bertz CT molecular complexity index is 164. The van der Waals surface area contributed by atoms with Gasteiger partial charge in [0.2, 0.25) is 0 Å². The Morgan fingerprint density at radius 3 is 2.44 bits per heavy atom. The fourth-order valence-corrected chi connectivity index (χ4v) is 1.61. The maximum Gasteiger partial charge on any atom is 0.305 e. The first-order valence-electron chi connectivity index (χ1n) is 6.82. The predicted octanol–water partition coefficient (Wildman–Crippen LogP) is 4.33. The molecule has 0 bridgehead atoms. The first kappa shape index (κ1) is 15.5.